The van der Waals surface area contributed by atoms with Gasteiger partial charge in [0.1, 0.15) is 5.82 Å². The molecule has 0 amide bonds. The Hall–Kier alpha value is -2.45. The number of hydrogen-bond donors (Lipinski definition) is 1. The molecule has 1 N–H and O–H groups in total. The van der Waals surface area contributed by atoms with Gasteiger partial charge in [-0.2, -0.15) is 4.98 Å². The van der Waals surface area contributed by atoms with Crippen molar-refractivity contribution in [1.29, 1.82) is 0 Å². The van der Waals surface area contributed by atoms with Gasteiger partial charge in [0.25, 0.3) is 5.56 Å². The fraction of sp³-hybridized carbons (Fsp3) is 0.304. The van der Waals surface area contributed by atoms with Crippen LogP contribution < -0.4 is 5.56 Å². The monoisotopic (exact) mass is 504 g/mol. The molecule has 0 unspecified atom stereocenters. The average Bonchev–Trinajstić information content (AvgIpc) is 2.75. The average molecular weight is 505 g/mol. The Morgan fingerprint density at radius 1 is 1.06 bits per heavy atom. The Labute approximate surface area is 190 Å². The lowest BCUT2D eigenvalue weighted by Crippen LogP contribution is -2.27. The maximum absolute atomic E-state index is 13.3. The van der Waals surface area contributed by atoms with Crippen molar-refractivity contribution >= 4 is 25.8 Å². The lowest BCUT2D eigenvalue weighted by atomic mass is 10.0. The van der Waals surface area contributed by atoms with Crippen LogP contribution in [0.3, 0.4) is 0 Å². The van der Waals surface area contributed by atoms with Crippen molar-refractivity contribution in [2.24, 2.45) is 0 Å². The quantitative estimate of drug-likeness (QED) is 0.471. The van der Waals surface area contributed by atoms with E-state index in [0.29, 0.717) is 23.1 Å². The van der Waals surface area contributed by atoms with Crippen LogP contribution in [0.2, 0.25) is 0 Å². The number of aryl methyl sites for hydroxylation is 1. The zero-order chi connectivity index (χ0) is 22.6. The molecule has 8 heteroatoms. The normalized spacial score (nSPS) is 12.6. The molecule has 31 heavy (non-hydrogen) atoms. The Balaban J connectivity index is 2.28. The molecule has 0 aliphatic rings. The van der Waals surface area contributed by atoms with Gasteiger partial charge < -0.3 is 5.11 Å². The number of hydrogen-bond acceptors (Lipinski definition) is 5. The topological polar surface area (TPSA) is 89.3 Å². The molecule has 0 radical (unpaired) electrons. The van der Waals surface area contributed by atoms with Gasteiger partial charge in [0.15, 0.2) is 4.90 Å². The molecule has 2 aromatic carbocycles. The molecule has 1 atom stereocenters. The third-order valence-electron chi connectivity index (χ3n) is 5.16. The molecule has 0 aliphatic heterocycles. The molecule has 3 rings (SSSR count). The first-order valence-corrected chi connectivity index (χ1v) is 12.5. The van der Waals surface area contributed by atoms with Crippen molar-refractivity contribution in [2.45, 2.75) is 55.4 Å². The van der Waals surface area contributed by atoms with Crippen molar-refractivity contribution in [3.8, 4) is 5.88 Å². The molecular weight excluding hydrogens is 480 g/mol. The predicted molar refractivity (Wildman–Crippen MR) is 123 cm³/mol. The van der Waals surface area contributed by atoms with Gasteiger partial charge in [0.2, 0.25) is 15.7 Å². The first-order chi connectivity index (χ1) is 14.8. The lowest BCUT2D eigenvalue weighted by Gasteiger charge is -2.25. The van der Waals surface area contributed by atoms with Gasteiger partial charge in [-0.25, -0.2) is 8.42 Å². The van der Waals surface area contributed by atoms with Crippen molar-refractivity contribution < 1.29 is 13.5 Å². The minimum absolute atomic E-state index is 0.0782. The van der Waals surface area contributed by atoms with Crippen LogP contribution in [0.5, 0.6) is 5.88 Å². The Kier molecular flexibility index (Phi) is 7.33. The highest BCUT2D eigenvalue weighted by atomic mass is 79.9. The number of aromatic nitrogens is 2. The van der Waals surface area contributed by atoms with E-state index in [1.54, 1.807) is 12.1 Å². The third kappa shape index (κ3) is 4.75. The second kappa shape index (κ2) is 9.78. The van der Waals surface area contributed by atoms with E-state index in [-0.39, 0.29) is 10.9 Å². The van der Waals surface area contributed by atoms with Crippen LogP contribution in [0.15, 0.2) is 73.7 Å². The van der Waals surface area contributed by atoms with E-state index in [1.165, 1.54) is 16.7 Å². The molecule has 6 nitrogen and oxygen atoms in total. The molecule has 3 aromatic rings. The zero-order valence-corrected chi connectivity index (χ0v) is 19.9. The van der Waals surface area contributed by atoms with Gasteiger partial charge in [-0.3, -0.25) is 9.36 Å². The Morgan fingerprint density at radius 3 is 2.29 bits per heavy atom. The van der Waals surface area contributed by atoms with Crippen LogP contribution >= 0.6 is 15.9 Å². The second-order valence-corrected chi connectivity index (χ2v) is 10.1. The molecule has 164 valence electrons. The Bertz CT molecular complexity index is 1210. The molecule has 1 heterocycles. The molecule has 0 bridgehead atoms. The zero-order valence-electron chi connectivity index (χ0n) is 17.5. The van der Waals surface area contributed by atoms with Crippen LogP contribution in [-0.4, -0.2) is 23.1 Å². The van der Waals surface area contributed by atoms with Crippen molar-refractivity contribution in [1.82, 2.24) is 9.55 Å². The standard InChI is InChI=1S/C23H25BrN2O4S/c1-3-5-11-20-25-22(27)21(31(29,30)18-14-12-17(24)13-15-18)23(28)26(20)19(4-2)16-9-7-6-8-10-16/h6-10,12-15,19,28H,3-5,11H2,1-2H3/t19-/m0/s1. The van der Waals surface area contributed by atoms with Gasteiger partial charge in [0, 0.05) is 10.9 Å². The van der Waals surface area contributed by atoms with Crippen LogP contribution in [0.1, 0.15) is 50.5 Å². The van der Waals surface area contributed by atoms with E-state index in [2.05, 4.69) is 20.9 Å². The van der Waals surface area contributed by atoms with Gasteiger partial charge >= 0.3 is 0 Å². The minimum atomic E-state index is -4.27. The minimum Gasteiger partial charge on any atom is -0.493 e. The van der Waals surface area contributed by atoms with E-state index in [1.807, 2.05) is 44.2 Å². The van der Waals surface area contributed by atoms with Crippen LogP contribution in [0.4, 0.5) is 0 Å². The summed E-state index contributed by atoms with van der Waals surface area (Å²) in [4.78, 5) is 16.2. The fourth-order valence-corrected chi connectivity index (χ4v) is 5.21. The summed E-state index contributed by atoms with van der Waals surface area (Å²) in [6, 6.07) is 15.1. The van der Waals surface area contributed by atoms with E-state index in [0.717, 1.165) is 18.4 Å². The third-order valence-corrected chi connectivity index (χ3v) is 7.48. The van der Waals surface area contributed by atoms with E-state index >= 15 is 0 Å². The van der Waals surface area contributed by atoms with Crippen LogP contribution in [0.25, 0.3) is 0 Å². The van der Waals surface area contributed by atoms with Gasteiger partial charge in [-0.05, 0) is 42.7 Å². The first kappa shape index (κ1) is 23.2. The maximum atomic E-state index is 13.3. The summed E-state index contributed by atoms with van der Waals surface area (Å²) in [7, 11) is -4.27. The van der Waals surface area contributed by atoms with Crippen molar-refractivity contribution in [3.05, 3.63) is 80.8 Å². The molecule has 0 saturated heterocycles. The summed E-state index contributed by atoms with van der Waals surface area (Å²) in [5.41, 5.74) is -0.0406. The summed E-state index contributed by atoms with van der Waals surface area (Å²) >= 11 is 3.27. The number of sulfone groups is 1. The largest absolute Gasteiger partial charge is 0.493 e. The number of rotatable bonds is 8. The molecule has 0 spiro atoms. The summed E-state index contributed by atoms with van der Waals surface area (Å²) in [5, 5.41) is 11.2. The summed E-state index contributed by atoms with van der Waals surface area (Å²) in [6.07, 6.45) is 2.67. The van der Waals surface area contributed by atoms with E-state index in [4.69, 9.17) is 0 Å². The van der Waals surface area contributed by atoms with Crippen molar-refractivity contribution in [3.63, 3.8) is 0 Å². The first-order valence-electron chi connectivity index (χ1n) is 10.2. The molecule has 0 fully saturated rings. The molecule has 0 saturated carbocycles. The second-order valence-electron chi connectivity index (χ2n) is 7.25. The number of unbranched alkanes of at least 4 members (excludes halogenated alkanes) is 1. The maximum Gasteiger partial charge on any atom is 0.296 e. The molecular formula is C23H25BrN2O4S. The van der Waals surface area contributed by atoms with Gasteiger partial charge in [-0.1, -0.05) is 66.5 Å². The summed E-state index contributed by atoms with van der Waals surface area (Å²) in [5.74, 6) is -0.181. The SMILES string of the molecule is CCCCc1nc(=O)c(S(=O)(=O)c2ccc(Br)cc2)c(O)n1[C@@H](CC)c1ccccc1. The lowest BCUT2D eigenvalue weighted by molar-refractivity contribution is 0.358. The highest BCUT2D eigenvalue weighted by Gasteiger charge is 2.31. The van der Waals surface area contributed by atoms with E-state index < -0.39 is 26.2 Å². The highest BCUT2D eigenvalue weighted by Crippen LogP contribution is 2.33. The number of aromatic hydroxyl groups is 1. The van der Waals surface area contributed by atoms with Crippen LogP contribution in [0, 0.1) is 0 Å². The Morgan fingerprint density at radius 2 is 1.71 bits per heavy atom. The summed E-state index contributed by atoms with van der Waals surface area (Å²) < 4.78 is 28.8. The fourth-order valence-electron chi connectivity index (χ4n) is 3.60. The number of halogens is 1. The summed E-state index contributed by atoms with van der Waals surface area (Å²) in [6.45, 7) is 3.96. The van der Waals surface area contributed by atoms with Crippen LogP contribution in [-0.2, 0) is 16.3 Å². The molecule has 0 aliphatic carbocycles. The van der Waals surface area contributed by atoms with Gasteiger partial charge in [-0.15, -0.1) is 0 Å². The smallest absolute Gasteiger partial charge is 0.296 e. The number of nitrogens with zero attached hydrogens (tertiary/aromatic N) is 2. The van der Waals surface area contributed by atoms with Crippen molar-refractivity contribution in [2.75, 3.05) is 0 Å². The van der Waals surface area contributed by atoms with Gasteiger partial charge in [0.05, 0.1) is 10.9 Å². The predicted octanol–water partition coefficient (Wildman–Crippen LogP) is 4.89. The highest BCUT2D eigenvalue weighted by molar-refractivity contribution is 9.10. The molecule has 1 aromatic heterocycles. The number of benzene rings is 2. The van der Waals surface area contributed by atoms with E-state index in [9.17, 15) is 18.3 Å².